The summed E-state index contributed by atoms with van der Waals surface area (Å²) in [6, 6.07) is 8.95. The molecule has 128 valence electrons. The largest absolute Gasteiger partial charge is 0.416 e. The summed E-state index contributed by atoms with van der Waals surface area (Å²) in [5.74, 6) is 0. The molecule has 0 spiro atoms. The normalized spacial score (nSPS) is 11.3. The predicted molar refractivity (Wildman–Crippen MR) is 91.6 cm³/mol. The molecular formula is C18H20F3N3. The molecule has 3 rings (SSSR count). The third-order valence-electron chi connectivity index (χ3n) is 3.58. The number of hydrogen-bond donors (Lipinski definition) is 1. The summed E-state index contributed by atoms with van der Waals surface area (Å²) in [5.41, 5.74) is 1.64. The lowest BCUT2D eigenvalue weighted by atomic mass is 10.2. The molecule has 0 atom stereocenters. The average molecular weight is 335 g/mol. The van der Waals surface area contributed by atoms with E-state index >= 15 is 0 Å². The van der Waals surface area contributed by atoms with Gasteiger partial charge in [0.15, 0.2) is 0 Å². The SMILES string of the molecule is C.CCCNc1cnc2c(ccn2-c2ccc(C(F)(F)F)cc2)c1. The van der Waals surface area contributed by atoms with E-state index in [4.69, 9.17) is 0 Å². The summed E-state index contributed by atoms with van der Waals surface area (Å²) >= 11 is 0. The van der Waals surface area contributed by atoms with E-state index in [2.05, 4.69) is 17.2 Å². The monoisotopic (exact) mass is 335 g/mol. The molecule has 6 heteroatoms. The molecule has 0 aliphatic rings. The summed E-state index contributed by atoms with van der Waals surface area (Å²) in [4.78, 5) is 4.42. The quantitative estimate of drug-likeness (QED) is 0.682. The molecule has 2 heterocycles. The van der Waals surface area contributed by atoms with Crippen LogP contribution in [0.3, 0.4) is 0 Å². The maximum atomic E-state index is 12.6. The first kappa shape index (κ1) is 17.8. The van der Waals surface area contributed by atoms with E-state index in [1.807, 2.05) is 18.3 Å². The lowest BCUT2D eigenvalue weighted by Crippen LogP contribution is -2.05. The number of nitrogens with zero attached hydrogens (tertiary/aromatic N) is 2. The minimum Gasteiger partial charge on any atom is -0.384 e. The van der Waals surface area contributed by atoms with Crippen molar-refractivity contribution in [3.63, 3.8) is 0 Å². The first-order chi connectivity index (χ1) is 11.0. The molecule has 0 saturated heterocycles. The van der Waals surface area contributed by atoms with Crippen LogP contribution in [0.2, 0.25) is 0 Å². The Morgan fingerprint density at radius 3 is 2.46 bits per heavy atom. The van der Waals surface area contributed by atoms with Crippen molar-refractivity contribution in [3.05, 3.63) is 54.4 Å². The van der Waals surface area contributed by atoms with Crippen molar-refractivity contribution in [1.82, 2.24) is 9.55 Å². The first-order valence-electron chi connectivity index (χ1n) is 7.37. The second kappa shape index (κ2) is 6.95. The van der Waals surface area contributed by atoms with E-state index in [0.717, 1.165) is 36.2 Å². The lowest BCUT2D eigenvalue weighted by molar-refractivity contribution is -0.137. The van der Waals surface area contributed by atoms with Gasteiger partial charge in [0.25, 0.3) is 0 Å². The summed E-state index contributed by atoms with van der Waals surface area (Å²) in [6.45, 7) is 2.95. The van der Waals surface area contributed by atoms with Gasteiger partial charge in [0.05, 0.1) is 17.4 Å². The van der Waals surface area contributed by atoms with Crippen LogP contribution in [0, 0.1) is 0 Å². The van der Waals surface area contributed by atoms with Crippen LogP contribution in [0.15, 0.2) is 48.8 Å². The standard InChI is InChI=1S/C17H16F3N3.CH4/c1-2-8-21-14-10-12-7-9-23(16(12)22-11-14)15-5-3-13(4-6-15)17(18,19)20;/h3-7,9-11,21H,2,8H2,1H3;1H4. The van der Waals surface area contributed by atoms with E-state index < -0.39 is 11.7 Å². The van der Waals surface area contributed by atoms with Crippen molar-refractivity contribution >= 4 is 16.7 Å². The molecule has 0 aliphatic carbocycles. The van der Waals surface area contributed by atoms with Gasteiger partial charge in [-0.2, -0.15) is 13.2 Å². The van der Waals surface area contributed by atoms with Crippen molar-refractivity contribution in [2.24, 2.45) is 0 Å². The van der Waals surface area contributed by atoms with Crippen molar-refractivity contribution in [2.75, 3.05) is 11.9 Å². The highest BCUT2D eigenvalue weighted by atomic mass is 19.4. The zero-order chi connectivity index (χ0) is 16.4. The number of rotatable bonds is 4. The topological polar surface area (TPSA) is 29.9 Å². The molecule has 3 aromatic rings. The Morgan fingerprint density at radius 1 is 1.12 bits per heavy atom. The highest BCUT2D eigenvalue weighted by Gasteiger charge is 2.30. The molecule has 2 aromatic heterocycles. The number of halogens is 3. The third kappa shape index (κ3) is 3.53. The molecule has 1 N–H and O–H groups in total. The zero-order valence-electron chi connectivity index (χ0n) is 12.6. The van der Waals surface area contributed by atoms with Crippen molar-refractivity contribution < 1.29 is 13.2 Å². The van der Waals surface area contributed by atoms with E-state index in [-0.39, 0.29) is 7.43 Å². The molecule has 0 unspecified atom stereocenters. The van der Waals surface area contributed by atoms with Gasteiger partial charge in [-0.3, -0.25) is 0 Å². The number of benzene rings is 1. The Hall–Kier alpha value is -2.50. The van der Waals surface area contributed by atoms with Crippen LogP contribution >= 0.6 is 0 Å². The number of alkyl halides is 3. The fraction of sp³-hybridized carbons (Fsp3) is 0.278. The smallest absolute Gasteiger partial charge is 0.384 e. The van der Waals surface area contributed by atoms with E-state index in [9.17, 15) is 13.2 Å². The Morgan fingerprint density at radius 2 is 1.83 bits per heavy atom. The number of fused-ring (bicyclic) bond motifs is 1. The van der Waals surface area contributed by atoms with Crippen LogP contribution in [0.5, 0.6) is 0 Å². The lowest BCUT2D eigenvalue weighted by Gasteiger charge is -2.09. The van der Waals surface area contributed by atoms with Crippen molar-refractivity contribution in [1.29, 1.82) is 0 Å². The molecule has 0 fully saturated rings. The molecule has 0 saturated carbocycles. The number of aromatic nitrogens is 2. The van der Waals surface area contributed by atoms with E-state index in [0.29, 0.717) is 11.3 Å². The number of nitrogens with one attached hydrogen (secondary N) is 1. The van der Waals surface area contributed by atoms with Crippen LogP contribution in [0.25, 0.3) is 16.7 Å². The van der Waals surface area contributed by atoms with Gasteiger partial charge in [0.1, 0.15) is 5.65 Å². The third-order valence-corrected chi connectivity index (χ3v) is 3.58. The highest BCUT2D eigenvalue weighted by molar-refractivity contribution is 5.81. The van der Waals surface area contributed by atoms with Gasteiger partial charge >= 0.3 is 6.18 Å². The summed E-state index contributed by atoms with van der Waals surface area (Å²) in [6.07, 6.45) is 0.239. The van der Waals surface area contributed by atoms with Crippen molar-refractivity contribution in [3.8, 4) is 5.69 Å². The molecule has 0 amide bonds. The minimum absolute atomic E-state index is 0. The van der Waals surface area contributed by atoms with Gasteiger partial charge in [-0.1, -0.05) is 14.4 Å². The second-order valence-electron chi connectivity index (χ2n) is 5.29. The summed E-state index contributed by atoms with van der Waals surface area (Å²) in [7, 11) is 0. The Labute approximate surface area is 139 Å². The van der Waals surface area contributed by atoms with Gasteiger partial charge in [0, 0.05) is 23.8 Å². The Bertz CT molecular complexity index is 804. The molecule has 24 heavy (non-hydrogen) atoms. The maximum absolute atomic E-state index is 12.6. The molecule has 3 nitrogen and oxygen atoms in total. The Balaban J connectivity index is 0.00000208. The van der Waals surface area contributed by atoms with Crippen LogP contribution < -0.4 is 5.32 Å². The molecule has 0 aliphatic heterocycles. The first-order valence-corrected chi connectivity index (χ1v) is 7.37. The van der Waals surface area contributed by atoms with Crippen LogP contribution in [-0.4, -0.2) is 16.1 Å². The van der Waals surface area contributed by atoms with Crippen LogP contribution in [0.1, 0.15) is 26.3 Å². The average Bonchev–Trinajstić information content (AvgIpc) is 2.95. The van der Waals surface area contributed by atoms with Crippen LogP contribution in [-0.2, 0) is 6.18 Å². The van der Waals surface area contributed by atoms with Gasteiger partial charge < -0.3 is 9.88 Å². The van der Waals surface area contributed by atoms with Gasteiger partial charge in [0.2, 0.25) is 0 Å². The maximum Gasteiger partial charge on any atom is 0.416 e. The highest BCUT2D eigenvalue weighted by Crippen LogP contribution is 2.30. The van der Waals surface area contributed by atoms with Crippen molar-refractivity contribution in [2.45, 2.75) is 26.9 Å². The Kier molecular flexibility index (Phi) is 5.17. The van der Waals surface area contributed by atoms with Gasteiger partial charge in [-0.15, -0.1) is 0 Å². The summed E-state index contributed by atoms with van der Waals surface area (Å²) in [5, 5.41) is 4.20. The molecule has 1 aromatic carbocycles. The molecular weight excluding hydrogens is 315 g/mol. The zero-order valence-corrected chi connectivity index (χ0v) is 12.6. The van der Waals surface area contributed by atoms with E-state index in [1.54, 1.807) is 10.8 Å². The molecule has 0 radical (unpaired) electrons. The fourth-order valence-corrected chi connectivity index (χ4v) is 2.41. The minimum atomic E-state index is -4.32. The van der Waals surface area contributed by atoms with Gasteiger partial charge in [-0.05, 0) is 42.8 Å². The number of pyridine rings is 1. The number of anilines is 1. The van der Waals surface area contributed by atoms with E-state index in [1.165, 1.54) is 12.1 Å². The number of hydrogen-bond acceptors (Lipinski definition) is 2. The van der Waals surface area contributed by atoms with Crippen LogP contribution in [0.4, 0.5) is 18.9 Å². The fourth-order valence-electron chi connectivity index (χ4n) is 2.41. The van der Waals surface area contributed by atoms with Gasteiger partial charge in [-0.25, -0.2) is 4.98 Å². The second-order valence-corrected chi connectivity index (χ2v) is 5.29. The predicted octanol–water partition coefficient (Wildman–Crippen LogP) is 5.50. The molecule has 0 bridgehead atoms. The summed E-state index contributed by atoms with van der Waals surface area (Å²) < 4.78 is 39.7.